The molecule has 0 bridgehead atoms. The van der Waals surface area contributed by atoms with Crippen molar-refractivity contribution in [2.45, 2.75) is 58.0 Å². The van der Waals surface area contributed by atoms with Crippen LogP contribution in [0.15, 0.2) is 55.1 Å². The number of alkyl halides is 2. The summed E-state index contributed by atoms with van der Waals surface area (Å²) in [6.07, 6.45) is 5.02. The molecule has 0 radical (unpaired) electrons. The van der Waals surface area contributed by atoms with Crippen molar-refractivity contribution in [3.63, 3.8) is 0 Å². The minimum absolute atomic E-state index is 0.162. The van der Waals surface area contributed by atoms with Crippen LogP contribution >= 0.6 is 0 Å². The van der Waals surface area contributed by atoms with Crippen LogP contribution in [0.4, 0.5) is 14.5 Å². The van der Waals surface area contributed by atoms with Crippen molar-refractivity contribution < 1.29 is 13.9 Å². The van der Waals surface area contributed by atoms with Gasteiger partial charge in [0, 0.05) is 17.8 Å². The Labute approximate surface area is 167 Å². The van der Waals surface area contributed by atoms with Gasteiger partial charge in [-0.05, 0) is 43.5 Å². The molecule has 4 heteroatoms. The van der Waals surface area contributed by atoms with E-state index in [1.807, 2.05) is 31.2 Å². The molecule has 1 aliphatic carbocycles. The third kappa shape index (κ3) is 6.45. The molecule has 0 saturated heterocycles. The van der Waals surface area contributed by atoms with E-state index in [0.717, 1.165) is 35.7 Å². The van der Waals surface area contributed by atoms with Gasteiger partial charge in [0.1, 0.15) is 6.10 Å². The van der Waals surface area contributed by atoms with Crippen LogP contribution in [-0.2, 0) is 12.3 Å². The normalized spacial score (nSPS) is 14.3. The van der Waals surface area contributed by atoms with Gasteiger partial charge in [-0.1, -0.05) is 74.2 Å². The molecule has 0 amide bonds. The van der Waals surface area contributed by atoms with Crippen LogP contribution in [0.5, 0.6) is 0 Å². The molecule has 1 atom stereocenters. The third-order valence-electron chi connectivity index (χ3n) is 4.98. The summed E-state index contributed by atoms with van der Waals surface area (Å²) in [5, 5.41) is 12.5. The van der Waals surface area contributed by atoms with Crippen molar-refractivity contribution in [3.05, 3.63) is 71.8 Å². The fraction of sp³-hybridized carbons (Fsp3) is 0.417. The molecule has 1 saturated carbocycles. The second-order valence-corrected chi connectivity index (χ2v) is 7.44. The zero-order valence-electron chi connectivity index (χ0n) is 16.8. The van der Waals surface area contributed by atoms with Crippen molar-refractivity contribution >= 4 is 11.3 Å². The molecule has 2 aromatic rings. The minimum atomic E-state index is -3.22. The lowest BCUT2D eigenvalue weighted by molar-refractivity contribution is -0.106. The predicted molar refractivity (Wildman–Crippen MR) is 114 cm³/mol. The minimum Gasteiger partial charge on any atom is -0.387 e. The molecule has 28 heavy (non-hydrogen) atoms. The topological polar surface area (TPSA) is 32.3 Å². The standard InChI is InChI=1S/C20H23F2NO.C4H8/c1-14(2)17-6-10-19(11-7-17)23-13-12-16-4-8-18(9-5-16)20(21,22)15(3)24;1-2-4-3-1/h4-11,15,23-24H,1,12-13H2,2-3H3;1-4H2. The van der Waals surface area contributed by atoms with Gasteiger partial charge in [-0.3, -0.25) is 0 Å². The quantitative estimate of drug-likeness (QED) is 0.575. The van der Waals surface area contributed by atoms with Gasteiger partial charge in [0.05, 0.1) is 0 Å². The van der Waals surface area contributed by atoms with E-state index in [2.05, 4.69) is 11.9 Å². The predicted octanol–water partition coefficient (Wildman–Crippen LogP) is 6.41. The molecular formula is C24H31F2NO. The van der Waals surface area contributed by atoms with Gasteiger partial charge < -0.3 is 10.4 Å². The van der Waals surface area contributed by atoms with Crippen LogP contribution < -0.4 is 5.32 Å². The molecule has 2 nitrogen and oxygen atoms in total. The third-order valence-corrected chi connectivity index (χ3v) is 4.98. The highest BCUT2D eigenvalue weighted by atomic mass is 19.3. The number of aliphatic hydroxyl groups excluding tert-OH is 1. The second-order valence-electron chi connectivity index (χ2n) is 7.44. The van der Waals surface area contributed by atoms with Gasteiger partial charge >= 0.3 is 0 Å². The SMILES string of the molecule is C1CCC1.C=C(C)c1ccc(NCCc2ccc(C(F)(F)C(C)O)cc2)cc1. The van der Waals surface area contributed by atoms with Crippen LogP contribution in [-0.4, -0.2) is 17.8 Å². The molecule has 3 rings (SSSR count). The summed E-state index contributed by atoms with van der Waals surface area (Å²) in [5.41, 5.74) is 3.94. The van der Waals surface area contributed by atoms with Gasteiger partial charge in [-0.15, -0.1) is 0 Å². The van der Waals surface area contributed by atoms with E-state index in [4.69, 9.17) is 5.11 Å². The Bertz CT molecular complexity index is 728. The summed E-state index contributed by atoms with van der Waals surface area (Å²) >= 11 is 0. The number of hydrogen-bond acceptors (Lipinski definition) is 2. The lowest BCUT2D eigenvalue weighted by atomic mass is 10.0. The fourth-order valence-corrected chi connectivity index (χ4v) is 2.61. The first kappa shape index (κ1) is 22.1. The van der Waals surface area contributed by atoms with Crippen molar-refractivity contribution in [2.75, 3.05) is 11.9 Å². The molecule has 152 valence electrons. The molecule has 0 heterocycles. The Kier molecular flexibility index (Phi) is 8.18. The zero-order valence-corrected chi connectivity index (χ0v) is 16.8. The van der Waals surface area contributed by atoms with E-state index in [9.17, 15) is 8.78 Å². The maximum atomic E-state index is 13.7. The molecule has 2 aromatic carbocycles. The molecule has 2 N–H and O–H groups in total. The van der Waals surface area contributed by atoms with Crippen LogP contribution in [0.2, 0.25) is 0 Å². The molecule has 1 aliphatic rings. The lowest BCUT2D eigenvalue weighted by Gasteiger charge is -2.19. The van der Waals surface area contributed by atoms with Crippen molar-refractivity contribution in [1.29, 1.82) is 0 Å². The van der Waals surface area contributed by atoms with Gasteiger partial charge in [0.25, 0.3) is 5.92 Å². The highest BCUT2D eigenvalue weighted by Gasteiger charge is 2.37. The Morgan fingerprint density at radius 3 is 2.00 bits per heavy atom. The lowest BCUT2D eigenvalue weighted by Crippen LogP contribution is -2.27. The van der Waals surface area contributed by atoms with Crippen LogP contribution in [0.1, 0.15) is 56.2 Å². The fourth-order valence-electron chi connectivity index (χ4n) is 2.61. The first-order valence-corrected chi connectivity index (χ1v) is 9.96. The van der Waals surface area contributed by atoms with Gasteiger partial charge in [0.15, 0.2) is 0 Å². The molecule has 0 aliphatic heterocycles. The number of halogens is 2. The van der Waals surface area contributed by atoms with E-state index in [1.54, 1.807) is 12.1 Å². The van der Waals surface area contributed by atoms with E-state index < -0.39 is 12.0 Å². The zero-order chi connectivity index (χ0) is 20.6. The monoisotopic (exact) mass is 387 g/mol. The molecule has 1 unspecified atom stereocenters. The van der Waals surface area contributed by atoms with Gasteiger partial charge in [0.2, 0.25) is 0 Å². The summed E-state index contributed by atoms with van der Waals surface area (Å²) in [4.78, 5) is 0. The number of rotatable bonds is 7. The number of anilines is 1. The molecular weight excluding hydrogens is 356 g/mol. The van der Waals surface area contributed by atoms with Gasteiger partial charge in [-0.2, -0.15) is 8.78 Å². The highest BCUT2D eigenvalue weighted by Crippen LogP contribution is 2.31. The highest BCUT2D eigenvalue weighted by molar-refractivity contribution is 5.63. The van der Waals surface area contributed by atoms with Crippen molar-refractivity contribution in [2.24, 2.45) is 0 Å². The number of nitrogens with one attached hydrogen (secondary N) is 1. The Morgan fingerprint density at radius 2 is 1.57 bits per heavy atom. The number of benzene rings is 2. The van der Waals surface area contributed by atoms with E-state index in [-0.39, 0.29) is 5.56 Å². The average molecular weight is 388 g/mol. The molecule has 0 aromatic heterocycles. The van der Waals surface area contributed by atoms with Crippen LogP contribution in [0.3, 0.4) is 0 Å². The van der Waals surface area contributed by atoms with E-state index in [1.165, 1.54) is 37.8 Å². The average Bonchev–Trinajstić information content (AvgIpc) is 2.61. The Balaban J connectivity index is 0.000000620. The summed E-state index contributed by atoms with van der Waals surface area (Å²) in [5.74, 6) is -3.22. The number of allylic oxidation sites excluding steroid dienone is 1. The second kappa shape index (κ2) is 10.4. The first-order valence-electron chi connectivity index (χ1n) is 9.96. The smallest absolute Gasteiger partial charge is 0.298 e. The largest absolute Gasteiger partial charge is 0.387 e. The van der Waals surface area contributed by atoms with E-state index in [0.29, 0.717) is 6.54 Å². The number of hydrogen-bond donors (Lipinski definition) is 2. The molecule has 1 fully saturated rings. The summed E-state index contributed by atoms with van der Waals surface area (Å²) in [6.45, 7) is 7.67. The van der Waals surface area contributed by atoms with Gasteiger partial charge in [-0.25, -0.2) is 0 Å². The van der Waals surface area contributed by atoms with Crippen LogP contribution in [0.25, 0.3) is 5.57 Å². The van der Waals surface area contributed by atoms with Crippen LogP contribution in [0, 0.1) is 0 Å². The Hall–Kier alpha value is -2.20. The maximum absolute atomic E-state index is 13.7. The number of aliphatic hydroxyl groups is 1. The van der Waals surface area contributed by atoms with Crippen molar-refractivity contribution in [1.82, 2.24) is 0 Å². The summed E-state index contributed by atoms with van der Waals surface area (Å²) in [6, 6.07) is 14.1. The first-order chi connectivity index (χ1) is 13.3. The van der Waals surface area contributed by atoms with E-state index >= 15 is 0 Å². The van der Waals surface area contributed by atoms with Crippen molar-refractivity contribution in [3.8, 4) is 0 Å². The Morgan fingerprint density at radius 1 is 1.04 bits per heavy atom. The summed E-state index contributed by atoms with van der Waals surface area (Å²) in [7, 11) is 0. The molecule has 0 spiro atoms. The maximum Gasteiger partial charge on any atom is 0.298 e. The summed E-state index contributed by atoms with van der Waals surface area (Å²) < 4.78 is 27.4.